The SMILES string of the molecule is C[C@@H](N)C(=O)N(Cc1cc(Cl)ccc1-n1cnnn1)C(=O)N1CCC[C@H]1C(Cl)(Cl)c1ccccn1. The quantitative estimate of drug-likeness (QED) is 0.479. The maximum absolute atomic E-state index is 13.8. The molecule has 4 rings (SSSR count). The van der Waals surface area contributed by atoms with Gasteiger partial charge in [-0.2, -0.15) is 0 Å². The number of nitrogens with zero attached hydrogens (tertiary/aromatic N) is 7. The lowest BCUT2D eigenvalue weighted by Crippen LogP contribution is -2.54. The molecule has 0 aliphatic carbocycles. The van der Waals surface area contributed by atoms with Crippen molar-refractivity contribution in [2.45, 2.75) is 42.7 Å². The highest BCUT2D eigenvalue weighted by atomic mass is 35.5. The minimum absolute atomic E-state index is 0.112. The zero-order valence-corrected chi connectivity index (χ0v) is 21.0. The Morgan fingerprint density at radius 1 is 1.29 bits per heavy atom. The lowest BCUT2D eigenvalue weighted by atomic mass is 10.1. The molecular weight excluding hydrogens is 515 g/mol. The molecule has 1 fully saturated rings. The molecule has 13 heteroatoms. The monoisotopic (exact) mass is 536 g/mol. The van der Waals surface area contributed by atoms with Gasteiger partial charge in [-0.25, -0.2) is 9.48 Å². The molecular formula is C22H23Cl3N8O2. The van der Waals surface area contributed by atoms with Crippen LogP contribution in [0.1, 0.15) is 31.0 Å². The summed E-state index contributed by atoms with van der Waals surface area (Å²) >= 11 is 19.8. The standard InChI is InChI=1S/C22H23Cl3N8O2/c1-14(26)20(34)32(12-15-11-16(23)7-8-17(15)33-13-28-29-30-33)21(35)31-10-4-6-19(31)22(24,25)18-5-2-3-9-27-18/h2-3,5,7-9,11,13-14,19H,4,6,10,12,26H2,1H3/t14-,19+/m1/s1. The second kappa shape index (κ2) is 10.4. The molecule has 0 radical (unpaired) electrons. The molecule has 2 aromatic heterocycles. The van der Waals surface area contributed by atoms with Gasteiger partial charge in [0.2, 0.25) is 5.91 Å². The van der Waals surface area contributed by atoms with Gasteiger partial charge in [0, 0.05) is 17.8 Å². The van der Waals surface area contributed by atoms with Crippen LogP contribution in [0, 0.1) is 0 Å². The van der Waals surface area contributed by atoms with Crippen LogP contribution in [0.15, 0.2) is 48.9 Å². The highest BCUT2D eigenvalue weighted by molar-refractivity contribution is 6.48. The molecule has 0 bridgehead atoms. The number of carbonyl (C=O) groups excluding carboxylic acids is 2. The summed E-state index contributed by atoms with van der Waals surface area (Å²) in [6.45, 7) is 1.78. The maximum atomic E-state index is 13.8. The lowest BCUT2D eigenvalue weighted by Gasteiger charge is -2.36. The number of benzene rings is 1. The number of alkyl halides is 2. The minimum atomic E-state index is -1.47. The van der Waals surface area contributed by atoms with E-state index in [0.29, 0.717) is 41.4 Å². The van der Waals surface area contributed by atoms with Gasteiger partial charge in [0.25, 0.3) is 0 Å². The summed E-state index contributed by atoms with van der Waals surface area (Å²) in [5, 5.41) is 11.6. The number of hydrogen-bond acceptors (Lipinski definition) is 7. The second-order valence-electron chi connectivity index (χ2n) is 8.21. The zero-order valence-electron chi connectivity index (χ0n) is 18.8. The van der Waals surface area contributed by atoms with E-state index < -0.39 is 28.4 Å². The number of likely N-dealkylation sites (tertiary alicyclic amines) is 1. The van der Waals surface area contributed by atoms with Gasteiger partial charge in [0.05, 0.1) is 30.0 Å². The van der Waals surface area contributed by atoms with E-state index in [-0.39, 0.29) is 6.54 Å². The Hall–Kier alpha value is -2.79. The smallest absolute Gasteiger partial charge is 0.320 e. The summed E-state index contributed by atoms with van der Waals surface area (Å²) < 4.78 is -0.0446. The average Bonchev–Trinajstić information content (AvgIpc) is 3.55. The molecule has 2 atom stereocenters. The van der Waals surface area contributed by atoms with Gasteiger partial charge < -0.3 is 10.6 Å². The number of halogens is 3. The predicted molar refractivity (Wildman–Crippen MR) is 131 cm³/mol. The first-order valence-electron chi connectivity index (χ1n) is 10.9. The Morgan fingerprint density at radius 3 is 2.74 bits per heavy atom. The Labute approximate surface area is 216 Å². The van der Waals surface area contributed by atoms with Crippen molar-refractivity contribution in [3.8, 4) is 5.69 Å². The van der Waals surface area contributed by atoms with Gasteiger partial charge in [-0.1, -0.05) is 40.9 Å². The number of imide groups is 1. The van der Waals surface area contributed by atoms with Crippen molar-refractivity contribution in [3.63, 3.8) is 0 Å². The molecule has 1 aliphatic heterocycles. The van der Waals surface area contributed by atoms with E-state index >= 15 is 0 Å². The third kappa shape index (κ3) is 5.25. The fraction of sp³-hybridized carbons (Fsp3) is 0.364. The van der Waals surface area contributed by atoms with Gasteiger partial charge in [-0.15, -0.1) is 5.10 Å². The van der Waals surface area contributed by atoms with Gasteiger partial charge in [0.15, 0.2) is 4.33 Å². The fourth-order valence-corrected chi connectivity index (χ4v) is 4.96. The number of amides is 3. The first kappa shape index (κ1) is 25.3. The Kier molecular flexibility index (Phi) is 7.56. The Bertz CT molecular complexity index is 1190. The molecule has 184 valence electrons. The second-order valence-corrected chi connectivity index (χ2v) is 10.0. The largest absolute Gasteiger partial charge is 0.327 e. The summed E-state index contributed by atoms with van der Waals surface area (Å²) in [7, 11) is 0. The zero-order chi connectivity index (χ0) is 25.2. The van der Waals surface area contributed by atoms with Gasteiger partial charge in [-0.3, -0.25) is 14.7 Å². The molecule has 0 spiro atoms. The first-order valence-corrected chi connectivity index (χ1v) is 12.0. The molecule has 3 amide bonds. The van der Waals surface area contributed by atoms with Crippen molar-refractivity contribution < 1.29 is 9.59 Å². The summed E-state index contributed by atoms with van der Waals surface area (Å²) in [5.41, 5.74) is 7.45. The van der Waals surface area contributed by atoms with Crippen LogP contribution < -0.4 is 5.73 Å². The van der Waals surface area contributed by atoms with Gasteiger partial charge in [-0.05, 0) is 66.1 Å². The Balaban J connectivity index is 1.68. The van der Waals surface area contributed by atoms with E-state index in [4.69, 9.17) is 40.5 Å². The third-order valence-electron chi connectivity index (χ3n) is 5.78. The first-order chi connectivity index (χ1) is 16.7. The molecule has 35 heavy (non-hydrogen) atoms. The van der Waals surface area contributed by atoms with Crippen LogP contribution in [0.2, 0.25) is 5.02 Å². The maximum Gasteiger partial charge on any atom is 0.327 e. The number of urea groups is 1. The van der Waals surface area contributed by atoms with E-state index in [2.05, 4.69) is 20.5 Å². The van der Waals surface area contributed by atoms with E-state index in [1.807, 2.05) is 0 Å². The van der Waals surface area contributed by atoms with Crippen LogP contribution >= 0.6 is 34.8 Å². The summed E-state index contributed by atoms with van der Waals surface area (Å²) in [5.74, 6) is -0.559. The van der Waals surface area contributed by atoms with E-state index in [0.717, 1.165) is 4.90 Å². The van der Waals surface area contributed by atoms with Crippen LogP contribution in [0.25, 0.3) is 5.69 Å². The van der Waals surface area contributed by atoms with Crippen molar-refractivity contribution in [1.29, 1.82) is 0 Å². The molecule has 3 heterocycles. The topological polar surface area (TPSA) is 123 Å². The van der Waals surface area contributed by atoms with Crippen molar-refractivity contribution in [1.82, 2.24) is 35.0 Å². The van der Waals surface area contributed by atoms with E-state index in [1.54, 1.807) is 42.6 Å². The molecule has 3 aromatic rings. The molecule has 10 nitrogen and oxygen atoms in total. The van der Waals surface area contributed by atoms with Crippen molar-refractivity contribution in [2.75, 3.05) is 6.54 Å². The van der Waals surface area contributed by atoms with Crippen molar-refractivity contribution >= 4 is 46.7 Å². The fourth-order valence-electron chi connectivity index (χ4n) is 4.09. The van der Waals surface area contributed by atoms with Gasteiger partial charge in [0.1, 0.15) is 6.33 Å². The number of carbonyl (C=O) groups is 2. The van der Waals surface area contributed by atoms with E-state index in [1.165, 1.54) is 22.8 Å². The van der Waals surface area contributed by atoms with Crippen LogP contribution in [-0.4, -0.2) is 65.6 Å². The van der Waals surface area contributed by atoms with Gasteiger partial charge >= 0.3 is 6.03 Å². The predicted octanol–water partition coefficient (Wildman–Crippen LogP) is 3.30. The normalized spacial score (nSPS) is 16.8. The highest BCUT2D eigenvalue weighted by Crippen LogP contribution is 2.43. The summed E-state index contributed by atoms with van der Waals surface area (Å²) in [6.07, 6.45) is 4.20. The average molecular weight is 538 g/mol. The highest BCUT2D eigenvalue weighted by Gasteiger charge is 2.47. The summed E-state index contributed by atoms with van der Waals surface area (Å²) in [6, 6.07) is 8.16. The van der Waals surface area contributed by atoms with Crippen LogP contribution in [0.4, 0.5) is 4.79 Å². The number of hydrogen-bond donors (Lipinski definition) is 1. The molecule has 0 saturated carbocycles. The van der Waals surface area contributed by atoms with Crippen LogP contribution in [0.3, 0.4) is 0 Å². The summed E-state index contributed by atoms with van der Waals surface area (Å²) in [4.78, 5) is 33.8. The molecule has 0 unspecified atom stereocenters. The molecule has 1 aromatic carbocycles. The number of rotatable bonds is 6. The Morgan fingerprint density at radius 2 is 2.09 bits per heavy atom. The molecule has 1 aliphatic rings. The number of aromatic nitrogens is 5. The van der Waals surface area contributed by atoms with Crippen molar-refractivity contribution in [3.05, 3.63) is 65.2 Å². The van der Waals surface area contributed by atoms with Crippen LogP contribution in [-0.2, 0) is 15.7 Å². The molecule has 2 N–H and O–H groups in total. The van der Waals surface area contributed by atoms with Crippen LogP contribution in [0.5, 0.6) is 0 Å². The number of nitrogens with two attached hydrogens (primary N) is 1. The third-order valence-corrected chi connectivity index (χ3v) is 6.90. The molecule has 1 saturated heterocycles. The number of pyridine rings is 1. The van der Waals surface area contributed by atoms with E-state index in [9.17, 15) is 9.59 Å². The lowest BCUT2D eigenvalue weighted by molar-refractivity contribution is -0.130. The van der Waals surface area contributed by atoms with Crippen molar-refractivity contribution in [2.24, 2.45) is 5.73 Å². The number of tetrazole rings is 1. The minimum Gasteiger partial charge on any atom is -0.320 e.